The van der Waals surface area contributed by atoms with Crippen molar-refractivity contribution < 1.29 is 4.39 Å². The van der Waals surface area contributed by atoms with Gasteiger partial charge < -0.3 is 5.32 Å². The Labute approximate surface area is 85.2 Å². The summed E-state index contributed by atoms with van der Waals surface area (Å²) in [7, 11) is 0. The van der Waals surface area contributed by atoms with Crippen LogP contribution in [-0.2, 0) is 0 Å². The molecule has 0 unspecified atom stereocenters. The third kappa shape index (κ3) is 2.79. The van der Waals surface area contributed by atoms with Crippen LogP contribution in [0.5, 0.6) is 0 Å². The zero-order valence-electron chi connectivity index (χ0n) is 8.64. The highest BCUT2D eigenvalue weighted by Gasteiger charge is 2.19. The molecule has 2 heterocycles. The van der Waals surface area contributed by atoms with Crippen molar-refractivity contribution in [2.45, 2.75) is 19.3 Å². The van der Waals surface area contributed by atoms with Gasteiger partial charge in [0.15, 0.2) is 0 Å². The summed E-state index contributed by atoms with van der Waals surface area (Å²) in [6.07, 6.45) is 5.17. The van der Waals surface area contributed by atoms with E-state index in [-0.39, 0.29) is 5.83 Å². The van der Waals surface area contributed by atoms with Crippen LogP contribution in [0.15, 0.2) is 11.9 Å². The number of piperidine rings is 1. The Balaban J connectivity index is 1.76. The smallest absolute Gasteiger partial charge is 0.110 e. The molecule has 1 saturated heterocycles. The molecule has 0 amide bonds. The molecule has 2 nitrogen and oxygen atoms in total. The minimum atomic E-state index is 0.0556. The van der Waals surface area contributed by atoms with E-state index < -0.39 is 0 Å². The maximum atomic E-state index is 13.0. The summed E-state index contributed by atoms with van der Waals surface area (Å²) in [5, 5.41) is 3.40. The SMILES string of the molecule is FC1=CCCN(C[C@@H]2CCCNC2)C1. The highest BCUT2D eigenvalue weighted by molar-refractivity contribution is 4.99. The van der Waals surface area contributed by atoms with Crippen LogP contribution in [0.3, 0.4) is 0 Å². The lowest BCUT2D eigenvalue weighted by atomic mass is 9.98. The molecule has 1 atom stereocenters. The molecule has 80 valence electrons. The van der Waals surface area contributed by atoms with Crippen molar-refractivity contribution in [3.63, 3.8) is 0 Å². The Morgan fingerprint density at radius 1 is 1.57 bits per heavy atom. The van der Waals surface area contributed by atoms with Gasteiger partial charge in [-0.25, -0.2) is 4.39 Å². The maximum absolute atomic E-state index is 13.0. The normalized spacial score (nSPS) is 30.1. The molecule has 14 heavy (non-hydrogen) atoms. The predicted molar refractivity (Wildman–Crippen MR) is 55.8 cm³/mol. The Morgan fingerprint density at radius 3 is 3.21 bits per heavy atom. The molecule has 0 spiro atoms. The third-order valence-electron chi connectivity index (χ3n) is 3.10. The van der Waals surface area contributed by atoms with E-state index in [0.717, 1.165) is 38.5 Å². The molecule has 0 aromatic carbocycles. The van der Waals surface area contributed by atoms with E-state index in [1.165, 1.54) is 12.8 Å². The Kier molecular flexibility index (Phi) is 3.54. The highest BCUT2D eigenvalue weighted by atomic mass is 19.1. The summed E-state index contributed by atoms with van der Waals surface area (Å²) < 4.78 is 13.0. The second-order valence-corrected chi connectivity index (χ2v) is 4.39. The van der Waals surface area contributed by atoms with Crippen LogP contribution in [-0.4, -0.2) is 37.6 Å². The zero-order chi connectivity index (χ0) is 9.80. The van der Waals surface area contributed by atoms with E-state index in [1.807, 2.05) is 0 Å². The van der Waals surface area contributed by atoms with Crippen molar-refractivity contribution in [3.05, 3.63) is 11.9 Å². The van der Waals surface area contributed by atoms with Crippen LogP contribution in [0.2, 0.25) is 0 Å². The van der Waals surface area contributed by atoms with Gasteiger partial charge in [-0.1, -0.05) is 6.08 Å². The standard InChI is InChI=1S/C11H19FN2/c12-11-4-2-6-14(9-11)8-10-3-1-5-13-7-10/h4,10,13H,1-3,5-9H2/t10-/m1/s1. The average molecular weight is 198 g/mol. The largest absolute Gasteiger partial charge is 0.316 e. The maximum Gasteiger partial charge on any atom is 0.110 e. The lowest BCUT2D eigenvalue weighted by Gasteiger charge is -2.31. The lowest BCUT2D eigenvalue weighted by Crippen LogP contribution is -2.40. The molecule has 1 N–H and O–H groups in total. The molecule has 0 radical (unpaired) electrons. The quantitative estimate of drug-likeness (QED) is 0.724. The van der Waals surface area contributed by atoms with Gasteiger partial charge in [0.2, 0.25) is 0 Å². The molecular weight excluding hydrogens is 179 g/mol. The van der Waals surface area contributed by atoms with Crippen LogP contribution in [0, 0.1) is 5.92 Å². The third-order valence-corrected chi connectivity index (χ3v) is 3.10. The van der Waals surface area contributed by atoms with Crippen LogP contribution < -0.4 is 5.32 Å². The van der Waals surface area contributed by atoms with Gasteiger partial charge in [-0.05, 0) is 38.3 Å². The summed E-state index contributed by atoms with van der Waals surface area (Å²) in [5.41, 5.74) is 0. The van der Waals surface area contributed by atoms with E-state index in [4.69, 9.17) is 0 Å². The van der Waals surface area contributed by atoms with Gasteiger partial charge in [-0.2, -0.15) is 0 Å². The van der Waals surface area contributed by atoms with Gasteiger partial charge >= 0.3 is 0 Å². The second-order valence-electron chi connectivity index (χ2n) is 4.39. The molecule has 0 aromatic heterocycles. The molecule has 0 aromatic rings. The first-order valence-electron chi connectivity index (χ1n) is 5.62. The Hall–Kier alpha value is -0.410. The molecule has 2 rings (SSSR count). The van der Waals surface area contributed by atoms with Crippen molar-refractivity contribution in [2.75, 3.05) is 32.7 Å². The van der Waals surface area contributed by atoms with Crippen LogP contribution in [0.4, 0.5) is 4.39 Å². The average Bonchev–Trinajstić information content (AvgIpc) is 2.19. The Morgan fingerprint density at radius 2 is 2.50 bits per heavy atom. The summed E-state index contributed by atoms with van der Waals surface area (Å²) in [4.78, 5) is 2.24. The number of nitrogens with zero attached hydrogens (tertiary/aromatic N) is 1. The molecule has 2 aliphatic rings. The minimum absolute atomic E-state index is 0.0556. The van der Waals surface area contributed by atoms with Crippen molar-refractivity contribution >= 4 is 0 Å². The fraction of sp³-hybridized carbons (Fsp3) is 0.818. The van der Waals surface area contributed by atoms with E-state index in [1.54, 1.807) is 6.08 Å². The highest BCUT2D eigenvalue weighted by Crippen LogP contribution is 2.16. The Bertz CT molecular complexity index is 209. The van der Waals surface area contributed by atoms with E-state index >= 15 is 0 Å². The minimum Gasteiger partial charge on any atom is -0.316 e. The first kappa shape index (κ1) is 10.1. The van der Waals surface area contributed by atoms with Crippen LogP contribution in [0.1, 0.15) is 19.3 Å². The number of nitrogens with one attached hydrogen (secondary N) is 1. The molecule has 0 bridgehead atoms. The van der Waals surface area contributed by atoms with E-state index in [9.17, 15) is 4.39 Å². The lowest BCUT2D eigenvalue weighted by molar-refractivity contribution is 0.206. The van der Waals surface area contributed by atoms with Crippen molar-refractivity contribution in [1.82, 2.24) is 10.2 Å². The fourth-order valence-electron chi connectivity index (χ4n) is 2.36. The van der Waals surface area contributed by atoms with E-state index in [0.29, 0.717) is 6.54 Å². The first-order valence-corrected chi connectivity index (χ1v) is 5.62. The monoisotopic (exact) mass is 198 g/mol. The van der Waals surface area contributed by atoms with Crippen molar-refractivity contribution in [2.24, 2.45) is 5.92 Å². The van der Waals surface area contributed by atoms with Gasteiger partial charge in [-0.3, -0.25) is 4.90 Å². The number of halogens is 1. The van der Waals surface area contributed by atoms with E-state index in [2.05, 4.69) is 10.2 Å². The molecule has 2 aliphatic heterocycles. The van der Waals surface area contributed by atoms with Crippen molar-refractivity contribution in [3.8, 4) is 0 Å². The fourth-order valence-corrected chi connectivity index (χ4v) is 2.36. The van der Waals surface area contributed by atoms with Gasteiger partial charge in [0.05, 0.1) is 0 Å². The summed E-state index contributed by atoms with van der Waals surface area (Å²) in [6, 6.07) is 0. The van der Waals surface area contributed by atoms with Gasteiger partial charge in [0.1, 0.15) is 5.83 Å². The van der Waals surface area contributed by atoms with Gasteiger partial charge in [0.25, 0.3) is 0 Å². The second kappa shape index (κ2) is 4.89. The number of hydrogen-bond acceptors (Lipinski definition) is 2. The van der Waals surface area contributed by atoms with Gasteiger partial charge in [0, 0.05) is 19.6 Å². The number of rotatable bonds is 2. The zero-order valence-corrected chi connectivity index (χ0v) is 8.64. The van der Waals surface area contributed by atoms with Gasteiger partial charge in [-0.15, -0.1) is 0 Å². The number of hydrogen-bond donors (Lipinski definition) is 1. The van der Waals surface area contributed by atoms with Crippen molar-refractivity contribution in [1.29, 1.82) is 0 Å². The molecule has 3 heteroatoms. The molecule has 1 fully saturated rings. The first-order chi connectivity index (χ1) is 6.84. The summed E-state index contributed by atoms with van der Waals surface area (Å²) in [6.45, 7) is 4.90. The van der Waals surface area contributed by atoms with Crippen LogP contribution >= 0.6 is 0 Å². The topological polar surface area (TPSA) is 15.3 Å². The molecule has 0 aliphatic carbocycles. The molecular formula is C11H19FN2. The summed E-state index contributed by atoms with van der Waals surface area (Å²) in [5.74, 6) is 0.787. The summed E-state index contributed by atoms with van der Waals surface area (Å²) >= 11 is 0. The predicted octanol–water partition coefficient (Wildman–Crippen LogP) is 1.55. The molecule has 0 saturated carbocycles. The van der Waals surface area contributed by atoms with Crippen LogP contribution in [0.25, 0.3) is 0 Å².